The summed E-state index contributed by atoms with van der Waals surface area (Å²) in [5.74, 6) is 2.38. The number of ether oxygens (including phenoxy) is 1. The normalized spacial score (nSPS) is 16.3. The zero-order valence-corrected chi connectivity index (χ0v) is 17.7. The first-order valence-corrected chi connectivity index (χ1v) is 9.72. The van der Waals surface area contributed by atoms with Crippen molar-refractivity contribution in [1.82, 2.24) is 25.4 Å². The smallest absolute Gasteiger partial charge is 0.234 e. The number of amides is 1. The second-order valence-corrected chi connectivity index (χ2v) is 7.87. The van der Waals surface area contributed by atoms with Crippen LogP contribution in [0, 0.1) is 0 Å². The van der Waals surface area contributed by atoms with Crippen molar-refractivity contribution in [3.05, 3.63) is 17.8 Å². The number of guanidine groups is 1. The van der Waals surface area contributed by atoms with Gasteiger partial charge in [0.05, 0.1) is 25.9 Å². The molecule has 0 bridgehead atoms. The summed E-state index contributed by atoms with van der Waals surface area (Å²) in [6, 6.07) is 0. The van der Waals surface area contributed by atoms with E-state index < -0.39 is 0 Å². The van der Waals surface area contributed by atoms with Crippen molar-refractivity contribution in [2.75, 3.05) is 60.0 Å². The molecule has 158 valence electrons. The molecule has 1 amide bonds. The van der Waals surface area contributed by atoms with Gasteiger partial charge in [-0.1, -0.05) is 20.8 Å². The van der Waals surface area contributed by atoms with E-state index in [1.54, 1.807) is 20.4 Å². The summed E-state index contributed by atoms with van der Waals surface area (Å²) in [6.45, 7) is 11.5. The summed E-state index contributed by atoms with van der Waals surface area (Å²) in [7, 11) is 3.39. The van der Waals surface area contributed by atoms with Gasteiger partial charge in [-0.3, -0.25) is 14.7 Å². The Balaban J connectivity index is 1.76. The van der Waals surface area contributed by atoms with Crippen LogP contribution in [0.15, 0.2) is 15.6 Å². The molecule has 1 aromatic heterocycles. The van der Waals surface area contributed by atoms with Crippen LogP contribution in [0.1, 0.15) is 32.4 Å². The molecule has 0 spiro atoms. The number of aromatic nitrogens is 1. The summed E-state index contributed by atoms with van der Waals surface area (Å²) in [5.41, 5.74) is -0.0564. The van der Waals surface area contributed by atoms with E-state index in [0.29, 0.717) is 32.1 Å². The third kappa shape index (κ3) is 6.79. The van der Waals surface area contributed by atoms with Crippen LogP contribution in [0.5, 0.6) is 0 Å². The number of hydrogen-bond donors (Lipinski definition) is 2. The molecule has 0 atom stereocenters. The number of methoxy groups -OCH3 is 1. The van der Waals surface area contributed by atoms with E-state index in [9.17, 15) is 4.79 Å². The van der Waals surface area contributed by atoms with Crippen molar-refractivity contribution in [3.8, 4) is 0 Å². The van der Waals surface area contributed by atoms with Gasteiger partial charge in [0.1, 0.15) is 5.76 Å². The molecule has 28 heavy (non-hydrogen) atoms. The molecule has 1 fully saturated rings. The molecule has 9 nitrogen and oxygen atoms in total. The Morgan fingerprint density at radius 1 is 1.29 bits per heavy atom. The van der Waals surface area contributed by atoms with Crippen LogP contribution >= 0.6 is 0 Å². The summed E-state index contributed by atoms with van der Waals surface area (Å²) in [6.07, 6.45) is 1.79. The van der Waals surface area contributed by atoms with Gasteiger partial charge in [-0.05, 0) is 0 Å². The molecule has 1 aliphatic heterocycles. The van der Waals surface area contributed by atoms with Crippen molar-refractivity contribution in [1.29, 1.82) is 0 Å². The average molecular weight is 395 g/mol. The van der Waals surface area contributed by atoms with E-state index in [-0.39, 0.29) is 11.3 Å². The van der Waals surface area contributed by atoms with E-state index >= 15 is 0 Å². The number of hydrogen-bond acceptors (Lipinski definition) is 6. The molecule has 1 saturated heterocycles. The lowest BCUT2D eigenvalue weighted by Gasteiger charge is -2.36. The first kappa shape index (κ1) is 22.2. The van der Waals surface area contributed by atoms with Crippen molar-refractivity contribution >= 4 is 11.9 Å². The molecule has 0 unspecified atom stereocenters. The Bertz CT molecular complexity index is 644. The molecule has 9 heteroatoms. The minimum Gasteiger partial charge on any atom is -0.443 e. The maximum absolute atomic E-state index is 11.9. The quantitative estimate of drug-likeness (QED) is 0.393. The molecular weight excluding hydrogens is 360 g/mol. The molecule has 1 aromatic rings. The van der Waals surface area contributed by atoms with Crippen molar-refractivity contribution in [2.45, 2.75) is 32.7 Å². The second kappa shape index (κ2) is 10.4. The lowest BCUT2D eigenvalue weighted by atomic mass is 9.94. The topological polar surface area (TPSA) is 95.2 Å². The fraction of sp³-hybridized carbons (Fsp3) is 0.737. The first-order chi connectivity index (χ1) is 13.3. The summed E-state index contributed by atoms with van der Waals surface area (Å²) in [4.78, 5) is 25.0. The molecule has 0 aromatic carbocycles. The Labute approximate surface area is 167 Å². The highest BCUT2D eigenvalue weighted by atomic mass is 16.5. The van der Waals surface area contributed by atoms with Crippen molar-refractivity contribution in [2.24, 2.45) is 4.99 Å². The van der Waals surface area contributed by atoms with Crippen LogP contribution in [0.3, 0.4) is 0 Å². The largest absolute Gasteiger partial charge is 0.443 e. The van der Waals surface area contributed by atoms with E-state index in [0.717, 1.165) is 37.9 Å². The van der Waals surface area contributed by atoms with Crippen molar-refractivity contribution < 1.29 is 13.9 Å². The Morgan fingerprint density at radius 3 is 2.57 bits per heavy atom. The van der Waals surface area contributed by atoms with Crippen LogP contribution in [0.25, 0.3) is 0 Å². The van der Waals surface area contributed by atoms with E-state index in [4.69, 9.17) is 9.15 Å². The summed E-state index contributed by atoms with van der Waals surface area (Å²) in [5, 5.41) is 6.17. The van der Waals surface area contributed by atoms with Gasteiger partial charge in [0.15, 0.2) is 5.96 Å². The maximum Gasteiger partial charge on any atom is 0.234 e. The first-order valence-electron chi connectivity index (χ1n) is 9.72. The molecular formula is C19H34N6O3. The van der Waals surface area contributed by atoms with E-state index in [1.165, 1.54) is 0 Å². The lowest BCUT2D eigenvalue weighted by molar-refractivity contribution is -0.122. The Morgan fingerprint density at radius 2 is 2.00 bits per heavy atom. The Kier molecular flexibility index (Phi) is 8.25. The van der Waals surface area contributed by atoms with Gasteiger partial charge in [0, 0.05) is 52.3 Å². The number of carbonyl (C=O) groups is 1. The van der Waals surface area contributed by atoms with Crippen LogP contribution < -0.4 is 10.6 Å². The highest BCUT2D eigenvalue weighted by Gasteiger charge is 2.22. The third-order valence-electron chi connectivity index (χ3n) is 4.57. The molecule has 0 radical (unpaired) electrons. The van der Waals surface area contributed by atoms with E-state index in [1.807, 2.05) is 0 Å². The minimum absolute atomic E-state index is 0.0338. The number of piperazine rings is 1. The van der Waals surface area contributed by atoms with Gasteiger partial charge in [0.2, 0.25) is 11.8 Å². The summed E-state index contributed by atoms with van der Waals surface area (Å²) < 4.78 is 10.8. The predicted molar refractivity (Wildman–Crippen MR) is 108 cm³/mol. The minimum atomic E-state index is -0.0564. The van der Waals surface area contributed by atoms with Crippen molar-refractivity contribution in [3.63, 3.8) is 0 Å². The van der Waals surface area contributed by atoms with Crippen LogP contribution in [0.4, 0.5) is 0 Å². The molecule has 2 N–H and O–H groups in total. The van der Waals surface area contributed by atoms with Gasteiger partial charge in [0.25, 0.3) is 0 Å². The van der Waals surface area contributed by atoms with Gasteiger partial charge < -0.3 is 24.7 Å². The number of aliphatic imine (C=N–C) groups is 1. The Hall–Kier alpha value is -2.13. The molecule has 0 aliphatic carbocycles. The zero-order chi connectivity index (χ0) is 20.6. The predicted octanol–water partition coefficient (Wildman–Crippen LogP) is 0.428. The lowest BCUT2D eigenvalue weighted by Crippen LogP contribution is -2.54. The standard InChI is InChI=1S/C19H34N6O3/c1-19(2,3)15-12-22-17(28-15)13-23-18(20-4)25-9-7-24(8-10-25)14-16(26)21-6-11-27-5/h12H,6-11,13-14H2,1-5H3,(H,20,23)(H,21,26). The molecule has 2 heterocycles. The fourth-order valence-electron chi connectivity index (χ4n) is 2.89. The zero-order valence-electron chi connectivity index (χ0n) is 17.7. The van der Waals surface area contributed by atoms with E-state index in [2.05, 4.69) is 51.2 Å². The number of oxazole rings is 1. The average Bonchev–Trinajstić information content (AvgIpc) is 3.13. The number of rotatable bonds is 7. The highest BCUT2D eigenvalue weighted by Crippen LogP contribution is 2.22. The third-order valence-corrected chi connectivity index (χ3v) is 4.57. The monoisotopic (exact) mass is 394 g/mol. The second-order valence-electron chi connectivity index (χ2n) is 7.87. The highest BCUT2D eigenvalue weighted by molar-refractivity contribution is 5.80. The van der Waals surface area contributed by atoms with Crippen LogP contribution in [-0.2, 0) is 21.5 Å². The molecule has 2 rings (SSSR count). The van der Waals surface area contributed by atoms with Crippen LogP contribution in [0.2, 0.25) is 0 Å². The molecule has 1 aliphatic rings. The van der Waals surface area contributed by atoms with Gasteiger partial charge in [-0.15, -0.1) is 0 Å². The fourth-order valence-corrected chi connectivity index (χ4v) is 2.89. The summed E-state index contributed by atoms with van der Waals surface area (Å²) >= 11 is 0. The number of nitrogens with one attached hydrogen (secondary N) is 2. The SMILES string of the molecule is CN=C(NCc1ncc(C(C)(C)C)o1)N1CCN(CC(=O)NCCOC)CC1. The number of carbonyl (C=O) groups excluding carboxylic acids is 1. The number of nitrogens with zero attached hydrogens (tertiary/aromatic N) is 4. The molecule has 0 saturated carbocycles. The maximum atomic E-state index is 11.9. The van der Waals surface area contributed by atoms with Gasteiger partial charge >= 0.3 is 0 Å². The van der Waals surface area contributed by atoms with Crippen LogP contribution in [-0.4, -0.2) is 86.7 Å². The van der Waals surface area contributed by atoms with Gasteiger partial charge in [-0.2, -0.15) is 0 Å². The van der Waals surface area contributed by atoms with Gasteiger partial charge in [-0.25, -0.2) is 4.98 Å².